The quantitative estimate of drug-likeness (QED) is 0.768. The van der Waals surface area contributed by atoms with E-state index in [9.17, 15) is 0 Å². The zero-order valence-electron chi connectivity index (χ0n) is 11.6. The molecule has 3 rings (SSSR count). The molecule has 0 aliphatic rings. The van der Waals surface area contributed by atoms with Crippen molar-refractivity contribution in [2.75, 3.05) is 5.32 Å². The Morgan fingerprint density at radius 3 is 2.90 bits per heavy atom. The highest BCUT2D eigenvalue weighted by atomic mass is 35.5. The first-order valence-electron chi connectivity index (χ1n) is 6.70. The maximum atomic E-state index is 6.41. The number of para-hydroxylation sites is 1. The average molecular weight is 289 g/mol. The van der Waals surface area contributed by atoms with Crippen LogP contribution >= 0.6 is 11.6 Å². The average Bonchev–Trinajstić information content (AvgIpc) is 2.97. The Morgan fingerprint density at radius 2 is 2.15 bits per heavy atom. The highest BCUT2D eigenvalue weighted by Gasteiger charge is 2.10. The van der Waals surface area contributed by atoms with Crippen LogP contribution in [0.2, 0.25) is 5.02 Å². The van der Waals surface area contributed by atoms with Crippen LogP contribution in [0.5, 0.6) is 0 Å². The van der Waals surface area contributed by atoms with E-state index in [1.165, 1.54) is 0 Å². The van der Waals surface area contributed by atoms with Gasteiger partial charge in [-0.3, -0.25) is 4.68 Å². The minimum absolute atomic E-state index is 0.659. The number of benzene rings is 1. The molecule has 2 N–H and O–H groups in total. The van der Waals surface area contributed by atoms with E-state index >= 15 is 0 Å². The Kier molecular flexibility index (Phi) is 3.40. The topological polar surface area (TPSA) is 45.6 Å². The van der Waals surface area contributed by atoms with Crippen molar-refractivity contribution in [2.45, 2.75) is 19.9 Å². The van der Waals surface area contributed by atoms with Gasteiger partial charge in [0, 0.05) is 24.1 Å². The molecular formula is C15H17ClN4. The molecule has 0 atom stereocenters. The van der Waals surface area contributed by atoms with Crippen LogP contribution in [-0.2, 0) is 20.0 Å². The van der Waals surface area contributed by atoms with E-state index in [-0.39, 0.29) is 0 Å². The minimum atomic E-state index is 0.659. The van der Waals surface area contributed by atoms with Gasteiger partial charge in [0.05, 0.1) is 28.6 Å². The molecule has 4 nitrogen and oxygen atoms in total. The van der Waals surface area contributed by atoms with Crippen molar-refractivity contribution in [2.24, 2.45) is 7.05 Å². The second-order valence-electron chi connectivity index (χ2n) is 4.83. The molecule has 104 valence electrons. The number of rotatable bonds is 4. The monoisotopic (exact) mass is 288 g/mol. The summed E-state index contributed by atoms with van der Waals surface area (Å²) < 4.78 is 1.83. The fourth-order valence-electron chi connectivity index (χ4n) is 2.41. The smallest absolute Gasteiger partial charge is 0.0853 e. The number of nitrogens with one attached hydrogen (secondary N) is 2. The third kappa shape index (κ3) is 2.27. The van der Waals surface area contributed by atoms with Gasteiger partial charge < -0.3 is 10.3 Å². The number of H-pyrrole nitrogens is 1. The Hall–Kier alpha value is -1.94. The lowest BCUT2D eigenvalue weighted by Gasteiger charge is -2.04. The molecule has 5 heteroatoms. The molecule has 0 aliphatic heterocycles. The number of halogens is 1. The maximum Gasteiger partial charge on any atom is 0.0853 e. The van der Waals surface area contributed by atoms with Gasteiger partial charge >= 0.3 is 0 Å². The summed E-state index contributed by atoms with van der Waals surface area (Å²) >= 11 is 6.41. The first-order chi connectivity index (χ1) is 9.69. The Morgan fingerprint density at radius 1 is 1.35 bits per heavy atom. The van der Waals surface area contributed by atoms with E-state index in [1.807, 2.05) is 42.2 Å². The molecule has 2 aromatic heterocycles. The van der Waals surface area contributed by atoms with Gasteiger partial charge in [0.1, 0.15) is 0 Å². The second-order valence-corrected chi connectivity index (χ2v) is 5.21. The molecule has 0 unspecified atom stereocenters. The molecule has 0 amide bonds. The van der Waals surface area contributed by atoms with Crippen LogP contribution in [-0.4, -0.2) is 14.8 Å². The fraction of sp³-hybridized carbons (Fsp3) is 0.267. The van der Waals surface area contributed by atoms with Gasteiger partial charge in [0.25, 0.3) is 0 Å². The molecule has 1 aromatic carbocycles. The van der Waals surface area contributed by atoms with Gasteiger partial charge in [-0.05, 0) is 12.5 Å². The second kappa shape index (κ2) is 5.21. The molecular weight excluding hydrogens is 272 g/mol. The number of fused-ring (bicyclic) bond motifs is 1. The van der Waals surface area contributed by atoms with Gasteiger partial charge in [-0.25, -0.2) is 0 Å². The molecule has 0 saturated carbocycles. The number of anilines is 1. The van der Waals surface area contributed by atoms with Crippen molar-refractivity contribution < 1.29 is 0 Å². The van der Waals surface area contributed by atoms with E-state index in [0.29, 0.717) is 6.54 Å². The van der Waals surface area contributed by atoms with Crippen molar-refractivity contribution in [3.8, 4) is 0 Å². The lowest BCUT2D eigenvalue weighted by Crippen LogP contribution is -2.01. The van der Waals surface area contributed by atoms with E-state index in [0.717, 1.165) is 39.4 Å². The summed E-state index contributed by atoms with van der Waals surface area (Å²) in [5, 5.41) is 9.67. The molecule has 0 saturated heterocycles. The standard InChI is InChI=1S/C15H17ClN4/c1-3-11-14(9-20(2)19-11)17-8-13-15(16)10-6-4-5-7-12(10)18-13/h4-7,9,17-18H,3,8H2,1-2H3. The Bertz CT molecular complexity index is 741. The highest BCUT2D eigenvalue weighted by molar-refractivity contribution is 6.36. The normalized spacial score (nSPS) is 11.2. The number of aryl methyl sites for hydroxylation is 2. The summed E-state index contributed by atoms with van der Waals surface area (Å²) in [6.45, 7) is 2.76. The van der Waals surface area contributed by atoms with Crippen molar-refractivity contribution in [3.05, 3.63) is 46.9 Å². The van der Waals surface area contributed by atoms with Gasteiger partial charge in [0.2, 0.25) is 0 Å². The van der Waals surface area contributed by atoms with Crippen molar-refractivity contribution in [1.29, 1.82) is 0 Å². The van der Waals surface area contributed by atoms with Crippen LogP contribution in [0.15, 0.2) is 30.5 Å². The molecule has 0 spiro atoms. The summed E-state index contributed by atoms with van der Waals surface area (Å²) in [7, 11) is 1.93. The number of nitrogens with zero attached hydrogens (tertiary/aromatic N) is 2. The van der Waals surface area contributed by atoms with E-state index in [2.05, 4.69) is 22.3 Å². The van der Waals surface area contributed by atoms with Crippen LogP contribution in [0.25, 0.3) is 10.9 Å². The summed E-state index contributed by atoms with van der Waals surface area (Å²) in [4.78, 5) is 3.36. The first kappa shape index (κ1) is 13.1. The number of aromatic amines is 1. The number of hydrogen-bond acceptors (Lipinski definition) is 2. The molecule has 0 radical (unpaired) electrons. The molecule has 0 aliphatic carbocycles. The number of aromatic nitrogens is 3. The van der Waals surface area contributed by atoms with Gasteiger partial charge in [0.15, 0.2) is 0 Å². The SMILES string of the molecule is CCc1nn(C)cc1NCc1[nH]c2ccccc2c1Cl. The lowest BCUT2D eigenvalue weighted by molar-refractivity contribution is 0.746. The predicted molar refractivity (Wildman–Crippen MR) is 83.2 cm³/mol. The third-order valence-electron chi connectivity index (χ3n) is 3.41. The highest BCUT2D eigenvalue weighted by Crippen LogP contribution is 2.28. The van der Waals surface area contributed by atoms with Crippen LogP contribution in [0.4, 0.5) is 5.69 Å². The van der Waals surface area contributed by atoms with E-state index < -0.39 is 0 Å². The van der Waals surface area contributed by atoms with E-state index in [4.69, 9.17) is 11.6 Å². The van der Waals surface area contributed by atoms with Crippen molar-refractivity contribution in [3.63, 3.8) is 0 Å². The fourth-order valence-corrected chi connectivity index (χ4v) is 2.69. The summed E-state index contributed by atoms with van der Waals surface area (Å²) in [5.74, 6) is 0. The largest absolute Gasteiger partial charge is 0.377 e. The van der Waals surface area contributed by atoms with Crippen LogP contribution in [0, 0.1) is 0 Å². The molecule has 0 bridgehead atoms. The zero-order valence-corrected chi connectivity index (χ0v) is 12.3. The Labute approximate surface area is 122 Å². The molecule has 2 heterocycles. The number of hydrogen-bond donors (Lipinski definition) is 2. The Balaban J connectivity index is 1.84. The van der Waals surface area contributed by atoms with Gasteiger partial charge in [-0.1, -0.05) is 36.7 Å². The van der Waals surface area contributed by atoms with E-state index in [1.54, 1.807) is 0 Å². The predicted octanol–water partition coefficient (Wildman–Crippen LogP) is 3.73. The van der Waals surface area contributed by atoms with Crippen LogP contribution in [0.1, 0.15) is 18.3 Å². The van der Waals surface area contributed by atoms with Gasteiger partial charge in [-0.2, -0.15) is 5.10 Å². The minimum Gasteiger partial charge on any atom is -0.377 e. The maximum absolute atomic E-state index is 6.41. The summed E-state index contributed by atoms with van der Waals surface area (Å²) in [5.41, 5.74) is 4.19. The molecule has 3 aromatic rings. The van der Waals surface area contributed by atoms with Crippen molar-refractivity contribution >= 4 is 28.2 Å². The lowest BCUT2D eigenvalue weighted by atomic mass is 10.2. The van der Waals surface area contributed by atoms with Crippen LogP contribution < -0.4 is 5.32 Å². The van der Waals surface area contributed by atoms with Crippen LogP contribution in [0.3, 0.4) is 0 Å². The zero-order chi connectivity index (χ0) is 14.1. The first-order valence-corrected chi connectivity index (χ1v) is 7.08. The molecule has 20 heavy (non-hydrogen) atoms. The molecule has 0 fully saturated rings. The summed E-state index contributed by atoms with van der Waals surface area (Å²) in [6.07, 6.45) is 2.90. The van der Waals surface area contributed by atoms with Gasteiger partial charge in [-0.15, -0.1) is 0 Å². The summed E-state index contributed by atoms with van der Waals surface area (Å²) in [6, 6.07) is 8.06. The third-order valence-corrected chi connectivity index (χ3v) is 3.84. The van der Waals surface area contributed by atoms with Crippen molar-refractivity contribution in [1.82, 2.24) is 14.8 Å².